The fourth-order valence-electron chi connectivity index (χ4n) is 3.07. The molecule has 0 fully saturated rings. The lowest BCUT2D eigenvalue weighted by Crippen LogP contribution is -2.12. The van der Waals surface area contributed by atoms with Crippen LogP contribution in [0.1, 0.15) is 31.8 Å². The van der Waals surface area contributed by atoms with Crippen LogP contribution in [0.15, 0.2) is 60.7 Å². The van der Waals surface area contributed by atoms with Gasteiger partial charge in [-0.05, 0) is 41.3 Å². The minimum Gasteiger partial charge on any atom is -0.497 e. The van der Waals surface area contributed by atoms with E-state index in [4.69, 9.17) is 10.2 Å². The third-order valence-electron chi connectivity index (χ3n) is 4.45. The predicted molar refractivity (Wildman–Crippen MR) is 104 cm³/mol. The van der Waals surface area contributed by atoms with Crippen LogP contribution in [0, 0.1) is 0 Å². The van der Waals surface area contributed by atoms with Gasteiger partial charge in [-0.3, -0.25) is 4.57 Å². The van der Waals surface area contributed by atoms with E-state index in [2.05, 4.69) is 25.8 Å². The van der Waals surface area contributed by atoms with Gasteiger partial charge >= 0.3 is 0 Å². The van der Waals surface area contributed by atoms with Crippen LogP contribution in [0.25, 0.3) is 27.6 Å². The third kappa shape index (κ3) is 2.56. The maximum atomic E-state index is 8.55. The maximum absolute atomic E-state index is 8.55. The Bertz CT molecular complexity index is 1270. The lowest BCUT2D eigenvalue weighted by Gasteiger charge is -2.20. The first-order valence-corrected chi connectivity index (χ1v) is 8.20. The predicted octanol–water partition coefficient (Wildman–Crippen LogP) is 5.48. The first kappa shape index (κ1) is 11.7. The summed E-state index contributed by atoms with van der Waals surface area (Å²) < 4.78 is 40.5. The lowest BCUT2D eigenvalue weighted by atomic mass is 9.88. The highest BCUT2D eigenvalue weighted by Crippen LogP contribution is 2.34. The molecule has 0 aliphatic rings. The SMILES string of the molecule is [2H]c1c([2H])c([2H])c2c(c1[2H])c1ccc(OC)cc1n2-c1cc(C(C)(C)C)ccn1. The van der Waals surface area contributed by atoms with E-state index in [0.717, 1.165) is 16.5 Å². The number of aromatic nitrogens is 2. The second-order valence-electron chi connectivity index (χ2n) is 7.09. The second-order valence-corrected chi connectivity index (χ2v) is 7.09. The summed E-state index contributed by atoms with van der Waals surface area (Å²) in [5, 5.41) is 1.22. The molecule has 25 heavy (non-hydrogen) atoms. The largest absolute Gasteiger partial charge is 0.497 e. The van der Waals surface area contributed by atoms with Gasteiger partial charge in [0.2, 0.25) is 0 Å². The van der Waals surface area contributed by atoms with Crippen LogP contribution in [0.2, 0.25) is 0 Å². The fraction of sp³-hybridized carbons (Fsp3) is 0.227. The highest BCUT2D eigenvalue weighted by molar-refractivity contribution is 6.09. The summed E-state index contributed by atoms with van der Waals surface area (Å²) in [4.78, 5) is 4.54. The Labute approximate surface area is 153 Å². The number of hydrogen-bond acceptors (Lipinski definition) is 2. The van der Waals surface area contributed by atoms with E-state index < -0.39 is 0 Å². The number of nitrogens with zero attached hydrogens (tertiary/aromatic N) is 2. The van der Waals surface area contributed by atoms with Crippen molar-refractivity contribution in [2.45, 2.75) is 26.2 Å². The van der Waals surface area contributed by atoms with E-state index in [1.54, 1.807) is 23.9 Å². The summed E-state index contributed by atoms with van der Waals surface area (Å²) in [6.45, 7) is 6.35. The van der Waals surface area contributed by atoms with Crippen molar-refractivity contribution in [2.75, 3.05) is 7.11 Å². The molecule has 3 nitrogen and oxygen atoms in total. The van der Waals surface area contributed by atoms with Gasteiger partial charge in [0.25, 0.3) is 0 Å². The molecule has 0 N–H and O–H groups in total. The monoisotopic (exact) mass is 334 g/mol. The van der Waals surface area contributed by atoms with E-state index in [0.29, 0.717) is 22.5 Å². The highest BCUT2D eigenvalue weighted by atomic mass is 16.5. The van der Waals surface area contributed by atoms with Gasteiger partial charge in [-0.25, -0.2) is 4.98 Å². The number of hydrogen-bond donors (Lipinski definition) is 0. The van der Waals surface area contributed by atoms with Gasteiger partial charge in [0, 0.05) is 23.0 Å². The Kier molecular flexibility index (Phi) is 2.63. The molecule has 2 heterocycles. The van der Waals surface area contributed by atoms with Gasteiger partial charge in [0.05, 0.1) is 23.6 Å². The number of ether oxygens (including phenoxy) is 1. The summed E-state index contributed by atoms with van der Waals surface area (Å²) >= 11 is 0. The quantitative estimate of drug-likeness (QED) is 0.485. The molecule has 0 saturated heterocycles. The van der Waals surface area contributed by atoms with Crippen molar-refractivity contribution < 1.29 is 10.2 Å². The van der Waals surface area contributed by atoms with Gasteiger partial charge in [-0.15, -0.1) is 0 Å². The van der Waals surface area contributed by atoms with E-state index in [1.165, 1.54) is 0 Å². The van der Waals surface area contributed by atoms with E-state index in [1.807, 2.05) is 24.3 Å². The van der Waals surface area contributed by atoms with Crippen molar-refractivity contribution in [3.63, 3.8) is 0 Å². The number of para-hydroxylation sites is 1. The van der Waals surface area contributed by atoms with Gasteiger partial charge in [0.15, 0.2) is 0 Å². The molecule has 4 rings (SSSR count). The minimum absolute atomic E-state index is 0.0538. The summed E-state index contributed by atoms with van der Waals surface area (Å²) in [5.74, 6) is 1.25. The minimum atomic E-state index is -0.259. The van der Waals surface area contributed by atoms with Crippen molar-refractivity contribution in [3.05, 3.63) is 66.3 Å². The van der Waals surface area contributed by atoms with Crippen LogP contribution < -0.4 is 4.74 Å². The van der Waals surface area contributed by atoms with E-state index >= 15 is 0 Å². The fourth-order valence-corrected chi connectivity index (χ4v) is 3.07. The molecular weight excluding hydrogens is 308 g/mol. The lowest BCUT2D eigenvalue weighted by molar-refractivity contribution is 0.415. The molecule has 0 spiro atoms. The Morgan fingerprint density at radius 1 is 1.00 bits per heavy atom. The molecule has 0 saturated carbocycles. The van der Waals surface area contributed by atoms with Gasteiger partial charge in [0.1, 0.15) is 11.6 Å². The maximum Gasteiger partial charge on any atom is 0.137 e. The Morgan fingerprint density at radius 2 is 1.80 bits per heavy atom. The third-order valence-corrected chi connectivity index (χ3v) is 4.45. The highest BCUT2D eigenvalue weighted by Gasteiger charge is 2.17. The van der Waals surface area contributed by atoms with Crippen LogP contribution in [0.4, 0.5) is 0 Å². The van der Waals surface area contributed by atoms with Crippen molar-refractivity contribution in [2.24, 2.45) is 0 Å². The second kappa shape index (κ2) is 5.62. The average Bonchev–Trinajstić information content (AvgIpc) is 3.04. The molecule has 0 amide bonds. The molecule has 2 aromatic carbocycles. The Hall–Kier alpha value is -2.81. The zero-order chi connectivity index (χ0) is 21.1. The molecule has 2 aromatic heterocycles. The normalized spacial score (nSPS) is 14.2. The van der Waals surface area contributed by atoms with Crippen LogP contribution in [0.5, 0.6) is 5.75 Å². The standard InChI is InChI=1S/C22H22N2O/c1-22(2,3)15-11-12-23-21(13-15)24-19-8-6-5-7-17(19)18-10-9-16(25-4)14-20(18)24/h5-14H,1-4H3/i5D,6D,7D,8D. The van der Waals surface area contributed by atoms with Crippen LogP contribution in [-0.4, -0.2) is 16.7 Å². The summed E-state index contributed by atoms with van der Waals surface area (Å²) in [7, 11) is 1.59. The van der Waals surface area contributed by atoms with Crippen LogP contribution in [-0.2, 0) is 5.41 Å². The van der Waals surface area contributed by atoms with Gasteiger partial charge < -0.3 is 4.74 Å². The van der Waals surface area contributed by atoms with Crippen molar-refractivity contribution in [3.8, 4) is 11.6 Å². The molecule has 0 bridgehead atoms. The van der Waals surface area contributed by atoms with Gasteiger partial charge in [-0.1, -0.05) is 38.9 Å². The first-order chi connectivity index (χ1) is 13.6. The molecule has 3 heteroatoms. The molecule has 126 valence electrons. The Balaban J connectivity index is 2.23. The summed E-state index contributed by atoms with van der Waals surface area (Å²) in [6.07, 6.45) is 1.74. The number of methoxy groups -OCH3 is 1. The first-order valence-electron chi connectivity index (χ1n) is 10.2. The van der Waals surface area contributed by atoms with Crippen molar-refractivity contribution in [1.29, 1.82) is 0 Å². The van der Waals surface area contributed by atoms with Crippen LogP contribution >= 0.6 is 0 Å². The molecule has 4 aromatic rings. The van der Waals surface area contributed by atoms with Crippen molar-refractivity contribution in [1.82, 2.24) is 9.55 Å². The number of benzene rings is 2. The Morgan fingerprint density at radius 3 is 2.56 bits per heavy atom. The molecular formula is C22H22N2O. The smallest absolute Gasteiger partial charge is 0.137 e. The number of fused-ring (bicyclic) bond motifs is 3. The topological polar surface area (TPSA) is 27.1 Å². The molecule has 0 atom stereocenters. The van der Waals surface area contributed by atoms with E-state index in [-0.39, 0.29) is 29.6 Å². The zero-order valence-corrected chi connectivity index (χ0v) is 14.8. The zero-order valence-electron chi connectivity index (χ0n) is 18.8. The molecule has 0 unspecified atom stereocenters. The van der Waals surface area contributed by atoms with Gasteiger partial charge in [-0.2, -0.15) is 0 Å². The molecule has 0 radical (unpaired) electrons. The van der Waals surface area contributed by atoms with Crippen molar-refractivity contribution >= 4 is 21.8 Å². The van der Waals surface area contributed by atoms with E-state index in [9.17, 15) is 0 Å². The summed E-state index contributed by atoms with van der Waals surface area (Å²) in [6, 6.07) is 8.77. The average molecular weight is 334 g/mol. The number of pyridine rings is 1. The summed E-state index contributed by atoms with van der Waals surface area (Å²) in [5.41, 5.74) is 2.14. The van der Waals surface area contributed by atoms with Crippen LogP contribution in [0.3, 0.4) is 0 Å². The number of rotatable bonds is 2. The molecule has 0 aliphatic carbocycles. The molecule has 0 aliphatic heterocycles.